The summed E-state index contributed by atoms with van der Waals surface area (Å²) in [5.74, 6) is -0.328. The molecule has 3 N–H and O–H groups in total. The Kier molecular flexibility index (Phi) is 9.14. The summed E-state index contributed by atoms with van der Waals surface area (Å²) in [7, 11) is 0. The Bertz CT molecular complexity index is 1790. The summed E-state index contributed by atoms with van der Waals surface area (Å²) in [5.41, 5.74) is 5.24. The maximum absolute atomic E-state index is 13.3. The maximum atomic E-state index is 13.3. The number of benzene rings is 3. The van der Waals surface area contributed by atoms with Crippen molar-refractivity contribution in [2.24, 2.45) is 0 Å². The molecule has 1 aliphatic heterocycles. The third kappa shape index (κ3) is 7.74. The molecule has 1 atom stereocenters. The number of halogens is 1. The van der Waals surface area contributed by atoms with Gasteiger partial charge in [0, 0.05) is 41.0 Å². The number of rotatable bonds is 10. The molecule has 2 aromatic heterocycles. The quantitative estimate of drug-likeness (QED) is 0.193. The number of tetrazole rings is 1. The lowest BCUT2D eigenvalue weighted by Gasteiger charge is -2.26. The standard InChI is InChI=1S/C32H28ClN9O3/c33-25-9-12-30(42-20-36-40-41-42)23(15-25)8-13-31(43)38-28(14-21-4-2-1-3-5-21)29-16-24(17-35-39-29)22-6-10-26(11-7-22)37-32(44)45-27-18-34-19-27/h1-13,15-17,20,27-28,34H,14,18-19H2,(H,37,44)(H,38,43). The minimum atomic E-state index is -0.488. The molecule has 1 unspecified atom stereocenters. The summed E-state index contributed by atoms with van der Waals surface area (Å²) in [6, 6.07) is 23.8. The minimum absolute atomic E-state index is 0.100. The van der Waals surface area contributed by atoms with Crippen molar-refractivity contribution >= 4 is 35.4 Å². The fourth-order valence-corrected chi connectivity index (χ4v) is 4.89. The van der Waals surface area contributed by atoms with Crippen LogP contribution in [0.3, 0.4) is 0 Å². The number of aromatic nitrogens is 6. The van der Waals surface area contributed by atoms with Crippen LogP contribution >= 0.6 is 11.6 Å². The normalized spacial score (nSPS) is 13.6. The second kappa shape index (κ2) is 13.9. The Morgan fingerprint density at radius 3 is 2.58 bits per heavy atom. The van der Waals surface area contributed by atoms with E-state index >= 15 is 0 Å². The van der Waals surface area contributed by atoms with Gasteiger partial charge in [-0.05, 0) is 70.4 Å². The van der Waals surface area contributed by atoms with Gasteiger partial charge in [-0.25, -0.2) is 4.79 Å². The largest absolute Gasteiger partial charge is 0.443 e. The molecule has 3 aromatic carbocycles. The van der Waals surface area contributed by atoms with Gasteiger partial charge in [0.15, 0.2) is 0 Å². The smallest absolute Gasteiger partial charge is 0.411 e. The van der Waals surface area contributed by atoms with Crippen LogP contribution in [0.1, 0.15) is 22.9 Å². The predicted molar refractivity (Wildman–Crippen MR) is 168 cm³/mol. The van der Waals surface area contributed by atoms with Crippen molar-refractivity contribution in [2.75, 3.05) is 18.4 Å². The van der Waals surface area contributed by atoms with E-state index in [0.29, 0.717) is 47.2 Å². The number of ether oxygens (including phenoxy) is 1. The molecule has 0 spiro atoms. The van der Waals surface area contributed by atoms with Gasteiger partial charge in [0.2, 0.25) is 5.91 Å². The van der Waals surface area contributed by atoms with E-state index < -0.39 is 12.1 Å². The molecule has 13 heteroatoms. The summed E-state index contributed by atoms with van der Waals surface area (Å²) in [5, 5.41) is 29.3. The first-order valence-electron chi connectivity index (χ1n) is 14.2. The molecule has 0 bridgehead atoms. The van der Waals surface area contributed by atoms with E-state index in [2.05, 4.69) is 41.7 Å². The van der Waals surface area contributed by atoms with Crippen LogP contribution in [0.5, 0.6) is 0 Å². The van der Waals surface area contributed by atoms with E-state index in [1.54, 1.807) is 42.6 Å². The molecule has 1 aliphatic rings. The van der Waals surface area contributed by atoms with Crippen LogP contribution in [0.2, 0.25) is 5.02 Å². The molecule has 0 aliphatic carbocycles. The molecular formula is C32H28ClN9O3. The lowest BCUT2D eigenvalue weighted by molar-refractivity contribution is -0.117. The molecule has 0 saturated carbocycles. The zero-order valence-corrected chi connectivity index (χ0v) is 24.6. The molecule has 2 amide bonds. The lowest BCUT2D eigenvalue weighted by Crippen LogP contribution is -2.49. The minimum Gasteiger partial charge on any atom is -0.443 e. The average molecular weight is 622 g/mol. The van der Waals surface area contributed by atoms with E-state index in [1.165, 1.54) is 17.1 Å². The van der Waals surface area contributed by atoms with E-state index in [-0.39, 0.29) is 12.0 Å². The van der Waals surface area contributed by atoms with Crippen molar-refractivity contribution in [1.29, 1.82) is 0 Å². The fraction of sp³-hybridized carbons (Fsp3) is 0.156. The molecule has 1 saturated heterocycles. The maximum Gasteiger partial charge on any atom is 0.411 e. The van der Waals surface area contributed by atoms with Crippen molar-refractivity contribution in [2.45, 2.75) is 18.6 Å². The zero-order valence-electron chi connectivity index (χ0n) is 23.9. The topological polar surface area (TPSA) is 149 Å². The van der Waals surface area contributed by atoms with Crippen LogP contribution in [-0.2, 0) is 16.0 Å². The Morgan fingerprint density at radius 1 is 1.02 bits per heavy atom. The SMILES string of the molecule is O=C(C=Cc1cc(Cl)ccc1-n1cnnn1)NC(Cc1ccccc1)c1cc(-c2ccc(NC(=O)OC3CNC3)cc2)cnn1. The monoisotopic (exact) mass is 621 g/mol. The van der Waals surface area contributed by atoms with E-state index in [4.69, 9.17) is 16.3 Å². The highest BCUT2D eigenvalue weighted by atomic mass is 35.5. The molecule has 5 aromatic rings. The van der Waals surface area contributed by atoms with Crippen molar-refractivity contribution in [1.82, 2.24) is 41.0 Å². The van der Waals surface area contributed by atoms with Crippen LogP contribution in [0.4, 0.5) is 10.5 Å². The van der Waals surface area contributed by atoms with Crippen molar-refractivity contribution in [3.05, 3.63) is 119 Å². The molecule has 3 heterocycles. The second-order valence-corrected chi connectivity index (χ2v) is 10.7. The highest BCUT2D eigenvalue weighted by molar-refractivity contribution is 6.30. The predicted octanol–water partition coefficient (Wildman–Crippen LogP) is 4.41. The Balaban J connectivity index is 1.20. The average Bonchev–Trinajstić information content (AvgIpc) is 3.57. The van der Waals surface area contributed by atoms with Gasteiger partial charge < -0.3 is 15.4 Å². The van der Waals surface area contributed by atoms with E-state index in [1.807, 2.05) is 48.5 Å². The van der Waals surface area contributed by atoms with Gasteiger partial charge in [0.25, 0.3) is 0 Å². The first-order valence-corrected chi connectivity index (χ1v) is 14.5. The molecule has 226 valence electrons. The second-order valence-electron chi connectivity index (χ2n) is 10.3. The third-order valence-corrected chi connectivity index (χ3v) is 7.35. The highest BCUT2D eigenvalue weighted by Crippen LogP contribution is 2.25. The molecule has 12 nitrogen and oxygen atoms in total. The van der Waals surface area contributed by atoms with Crippen LogP contribution in [-0.4, -0.2) is 61.6 Å². The summed E-state index contributed by atoms with van der Waals surface area (Å²) < 4.78 is 6.81. The molecule has 0 radical (unpaired) electrons. The number of nitrogens with one attached hydrogen (secondary N) is 3. The number of amides is 2. The van der Waals surface area contributed by atoms with E-state index in [0.717, 1.165) is 16.7 Å². The van der Waals surface area contributed by atoms with Crippen LogP contribution < -0.4 is 16.0 Å². The first kappa shape index (κ1) is 29.6. The van der Waals surface area contributed by atoms with Gasteiger partial charge in [-0.15, -0.1) is 5.10 Å². The third-order valence-electron chi connectivity index (χ3n) is 7.11. The number of nitrogens with zero attached hydrogens (tertiary/aromatic N) is 6. The summed E-state index contributed by atoms with van der Waals surface area (Å²) in [4.78, 5) is 25.4. The number of anilines is 1. The van der Waals surface area contributed by atoms with Crippen molar-refractivity contribution < 1.29 is 14.3 Å². The van der Waals surface area contributed by atoms with Crippen LogP contribution in [0.15, 0.2) is 97.5 Å². The van der Waals surface area contributed by atoms with Crippen LogP contribution in [0.25, 0.3) is 22.9 Å². The lowest BCUT2D eigenvalue weighted by atomic mass is 10.00. The number of carbonyl (C=O) groups is 2. The van der Waals surface area contributed by atoms with Gasteiger partial charge in [0.1, 0.15) is 12.4 Å². The molecule has 6 rings (SSSR count). The summed E-state index contributed by atoms with van der Waals surface area (Å²) in [6.45, 7) is 1.33. The number of hydrogen-bond acceptors (Lipinski definition) is 9. The van der Waals surface area contributed by atoms with Gasteiger partial charge in [-0.1, -0.05) is 54.1 Å². The molecule has 45 heavy (non-hydrogen) atoms. The van der Waals surface area contributed by atoms with E-state index in [9.17, 15) is 9.59 Å². The highest BCUT2D eigenvalue weighted by Gasteiger charge is 2.21. The number of carbonyl (C=O) groups excluding carboxylic acids is 2. The summed E-state index contributed by atoms with van der Waals surface area (Å²) in [6.07, 6.45) is 6.13. The molecular weight excluding hydrogens is 594 g/mol. The van der Waals surface area contributed by atoms with Gasteiger partial charge in [-0.2, -0.15) is 14.9 Å². The fourth-order valence-electron chi connectivity index (χ4n) is 4.71. The first-order chi connectivity index (χ1) is 22.0. The zero-order chi connectivity index (χ0) is 31.0. The number of hydrogen-bond donors (Lipinski definition) is 3. The van der Waals surface area contributed by atoms with Crippen molar-refractivity contribution in [3.8, 4) is 16.8 Å². The summed E-state index contributed by atoms with van der Waals surface area (Å²) >= 11 is 6.23. The Hall–Kier alpha value is -5.46. The molecule has 1 fully saturated rings. The van der Waals surface area contributed by atoms with Gasteiger partial charge >= 0.3 is 6.09 Å². The van der Waals surface area contributed by atoms with Crippen molar-refractivity contribution in [3.63, 3.8) is 0 Å². The van der Waals surface area contributed by atoms with Gasteiger partial charge in [-0.3, -0.25) is 10.1 Å². The Morgan fingerprint density at radius 2 is 1.84 bits per heavy atom. The van der Waals surface area contributed by atoms with Gasteiger partial charge in [0.05, 0.1) is 23.6 Å². The van der Waals surface area contributed by atoms with Crippen LogP contribution in [0, 0.1) is 0 Å². The Labute approximate surface area is 263 Å².